The van der Waals surface area contributed by atoms with E-state index in [-0.39, 0.29) is 23.7 Å². The first-order valence-electron chi connectivity index (χ1n) is 9.33. The number of carbonyl (C=O) groups is 2. The Balaban J connectivity index is 2.14. The van der Waals surface area contributed by atoms with Gasteiger partial charge in [-0.15, -0.1) is 0 Å². The summed E-state index contributed by atoms with van der Waals surface area (Å²) in [5, 5.41) is 2.94. The Hall–Kier alpha value is -2.62. The third kappa shape index (κ3) is 5.68. The van der Waals surface area contributed by atoms with Crippen LogP contribution < -0.4 is 10.2 Å². The zero-order chi connectivity index (χ0) is 20.2. The maximum Gasteiger partial charge on any atom is 0.226 e. The van der Waals surface area contributed by atoms with Gasteiger partial charge in [0, 0.05) is 31.3 Å². The van der Waals surface area contributed by atoms with Crippen molar-refractivity contribution in [3.05, 3.63) is 59.2 Å². The molecular formula is C23H30N2O2. The second-order valence-corrected chi connectivity index (χ2v) is 8.11. The van der Waals surface area contributed by atoms with E-state index >= 15 is 0 Å². The molecule has 0 bridgehead atoms. The lowest BCUT2D eigenvalue weighted by Crippen LogP contribution is -2.34. The molecule has 4 nitrogen and oxygen atoms in total. The highest BCUT2D eigenvalue weighted by atomic mass is 16.2. The van der Waals surface area contributed by atoms with Gasteiger partial charge in [0.2, 0.25) is 11.8 Å². The minimum atomic E-state index is -0.0977. The molecule has 27 heavy (non-hydrogen) atoms. The number of rotatable bonds is 5. The van der Waals surface area contributed by atoms with E-state index in [0.29, 0.717) is 6.54 Å². The zero-order valence-corrected chi connectivity index (χ0v) is 17.2. The molecule has 0 aliphatic rings. The second-order valence-electron chi connectivity index (χ2n) is 8.11. The predicted octanol–water partition coefficient (Wildman–Crippen LogP) is 4.98. The Labute approximate surface area is 162 Å². The van der Waals surface area contributed by atoms with Gasteiger partial charge in [-0.3, -0.25) is 9.59 Å². The molecule has 144 valence electrons. The van der Waals surface area contributed by atoms with Gasteiger partial charge in [0.15, 0.2) is 0 Å². The molecule has 0 aliphatic heterocycles. The van der Waals surface area contributed by atoms with Crippen molar-refractivity contribution in [2.75, 3.05) is 16.8 Å². The SMILES string of the molecule is CC(=O)N(CCC(=O)Nc1cc(C)cc(C)c1)c1ccccc1C(C)(C)C. The molecule has 0 atom stereocenters. The van der Waals surface area contributed by atoms with Crippen LogP contribution in [0.3, 0.4) is 0 Å². The van der Waals surface area contributed by atoms with Crippen molar-refractivity contribution in [3.8, 4) is 0 Å². The molecule has 2 aromatic rings. The standard InChI is InChI=1S/C23H30N2O2/c1-16-13-17(2)15-19(14-16)24-22(27)11-12-25(18(3)26)21-10-8-7-9-20(21)23(4,5)6/h7-10,13-15H,11-12H2,1-6H3,(H,24,27). The number of aryl methyl sites for hydroxylation is 2. The van der Waals surface area contributed by atoms with Crippen LogP contribution in [0.25, 0.3) is 0 Å². The maximum absolute atomic E-state index is 12.4. The van der Waals surface area contributed by atoms with Gasteiger partial charge >= 0.3 is 0 Å². The van der Waals surface area contributed by atoms with Gasteiger partial charge in [0.1, 0.15) is 0 Å². The first kappa shape index (κ1) is 20.7. The highest BCUT2D eigenvalue weighted by Crippen LogP contribution is 2.32. The molecule has 2 amide bonds. The van der Waals surface area contributed by atoms with E-state index < -0.39 is 0 Å². The number of hydrogen-bond acceptors (Lipinski definition) is 2. The van der Waals surface area contributed by atoms with E-state index in [2.05, 4.69) is 32.2 Å². The Morgan fingerprint density at radius 2 is 1.59 bits per heavy atom. The van der Waals surface area contributed by atoms with Crippen LogP contribution in [-0.4, -0.2) is 18.4 Å². The van der Waals surface area contributed by atoms with Crippen LogP contribution in [0.1, 0.15) is 50.8 Å². The van der Waals surface area contributed by atoms with Gasteiger partial charge < -0.3 is 10.2 Å². The van der Waals surface area contributed by atoms with Gasteiger partial charge in [-0.05, 0) is 54.2 Å². The zero-order valence-electron chi connectivity index (χ0n) is 17.2. The number of benzene rings is 2. The van der Waals surface area contributed by atoms with Crippen molar-refractivity contribution < 1.29 is 9.59 Å². The number of nitrogens with one attached hydrogen (secondary N) is 1. The molecule has 2 aromatic carbocycles. The summed E-state index contributed by atoms with van der Waals surface area (Å²) in [4.78, 5) is 26.4. The van der Waals surface area contributed by atoms with Crippen molar-refractivity contribution in [1.29, 1.82) is 0 Å². The monoisotopic (exact) mass is 366 g/mol. The lowest BCUT2D eigenvalue weighted by Gasteiger charge is -2.29. The molecular weight excluding hydrogens is 336 g/mol. The fourth-order valence-electron chi connectivity index (χ4n) is 3.27. The third-order valence-electron chi connectivity index (χ3n) is 4.45. The summed E-state index contributed by atoms with van der Waals surface area (Å²) in [6, 6.07) is 13.9. The smallest absolute Gasteiger partial charge is 0.226 e. The number of hydrogen-bond donors (Lipinski definition) is 1. The maximum atomic E-state index is 12.4. The number of carbonyl (C=O) groups excluding carboxylic acids is 2. The van der Waals surface area contributed by atoms with Crippen molar-refractivity contribution in [3.63, 3.8) is 0 Å². The summed E-state index contributed by atoms with van der Waals surface area (Å²) >= 11 is 0. The molecule has 1 N–H and O–H groups in total. The lowest BCUT2D eigenvalue weighted by atomic mass is 9.85. The highest BCUT2D eigenvalue weighted by molar-refractivity contribution is 5.95. The Bertz CT molecular complexity index is 814. The highest BCUT2D eigenvalue weighted by Gasteiger charge is 2.23. The molecule has 0 fully saturated rings. The van der Waals surface area contributed by atoms with Crippen LogP contribution in [0.4, 0.5) is 11.4 Å². The predicted molar refractivity (Wildman–Crippen MR) is 112 cm³/mol. The van der Waals surface area contributed by atoms with Crippen LogP contribution in [0.2, 0.25) is 0 Å². The van der Waals surface area contributed by atoms with E-state index in [9.17, 15) is 9.59 Å². The molecule has 4 heteroatoms. The number of nitrogens with zero attached hydrogens (tertiary/aromatic N) is 1. The summed E-state index contributed by atoms with van der Waals surface area (Å²) in [6.45, 7) is 12.3. The van der Waals surface area contributed by atoms with Gasteiger partial charge in [-0.25, -0.2) is 0 Å². The fourth-order valence-corrected chi connectivity index (χ4v) is 3.27. The Morgan fingerprint density at radius 1 is 1.00 bits per heavy atom. The van der Waals surface area contributed by atoms with E-state index in [1.165, 1.54) is 0 Å². The summed E-state index contributed by atoms with van der Waals surface area (Å²) in [7, 11) is 0. The van der Waals surface area contributed by atoms with E-state index in [0.717, 1.165) is 28.1 Å². The first-order valence-corrected chi connectivity index (χ1v) is 9.33. The molecule has 0 saturated heterocycles. The largest absolute Gasteiger partial charge is 0.326 e. The quantitative estimate of drug-likeness (QED) is 0.811. The van der Waals surface area contributed by atoms with Crippen LogP contribution in [0.5, 0.6) is 0 Å². The molecule has 0 unspecified atom stereocenters. The molecule has 0 saturated carbocycles. The van der Waals surface area contributed by atoms with Crippen molar-refractivity contribution >= 4 is 23.2 Å². The summed E-state index contributed by atoms with van der Waals surface area (Å²) < 4.78 is 0. The number of amides is 2. The van der Waals surface area contributed by atoms with Gasteiger partial charge in [0.05, 0.1) is 0 Å². The lowest BCUT2D eigenvalue weighted by molar-refractivity contribution is -0.117. The van der Waals surface area contributed by atoms with Crippen LogP contribution >= 0.6 is 0 Å². The average Bonchev–Trinajstić information content (AvgIpc) is 2.53. The average molecular weight is 367 g/mol. The molecule has 2 rings (SSSR count). The fraction of sp³-hybridized carbons (Fsp3) is 0.391. The number of para-hydroxylation sites is 1. The van der Waals surface area contributed by atoms with Crippen LogP contribution in [0, 0.1) is 13.8 Å². The molecule has 0 radical (unpaired) electrons. The van der Waals surface area contributed by atoms with E-state index in [1.807, 2.05) is 50.2 Å². The topological polar surface area (TPSA) is 49.4 Å². The minimum Gasteiger partial charge on any atom is -0.326 e. The van der Waals surface area contributed by atoms with Crippen molar-refractivity contribution in [1.82, 2.24) is 0 Å². The van der Waals surface area contributed by atoms with Gasteiger partial charge in [-0.2, -0.15) is 0 Å². The van der Waals surface area contributed by atoms with Gasteiger partial charge in [-0.1, -0.05) is 45.0 Å². The Kier molecular flexibility index (Phi) is 6.42. The van der Waals surface area contributed by atoms with Crippen molar-refractivity contribution in [2.45, 2.75) is 53.4 Å². The molecule has 0 heterocycles. The second kappa shape index (κ2) is 8.38. The molecule has 0 aliphatic carbocycles. The van der Waals surface area contributed by atoms with E-state index in [4.69, 9.17) is 0 Å². The molecule has 0 spiro atoms. The van der Waals surface area contributed by atoms with Gasteiger partial charge in [0.25, 0.3) is 0 Å². The van der Waals surface area contributed by atoms with E-state index in [1.54, 1.807) is 11.8 Å². The van der Waals surface area contributed by atoms with Crippen LogP contribution in [0.15, 0.2) is 42.5 Å². The van der Waals surface area contributed by atoms with Crippen molar-refractivity contribution in [2.24, 2.45) is 0 Å². The summed E-state index contributed by atoms with van der Waals surface area (Å²) in [6.07, 6.45) is 0.241. The first-order chi connectivity index (χ1) is 12.6. The Morgan fingerprint density at radius 3 is 2.15 bits per heavy atom. The normalized spacial score (nSPS) is 11.2. The third-order valence-corrected chi connectivity index (χ3v) is 4.45. The summed E-state index contributed by atoms with van der Waals surface area (Å²) in [5.41, 5.74) is 4.88. The van der Waals surface area contributed by atoms with Crippen LogP contribution in [-0.2, 0) is 15.0 Å². The summed E-state index contributed by atoms with van der Waals surface area (Å²) in [5.74, 6) is -0.162. The molecule has 0 aromatic heterocycles. The number of anilines is 2. The minimum absolute atomic E-state index is 0.0640.